The Kier molecular flexibility index (Phi) is 16.2. The fourth-order valence-corrected chi connectivity index (χ4v) is 6.31. The van der Waals surface area contributed by atoms with Crippen LogP contribution in [-0.2, 0) is 29.6 Å². The van der Waals surface area contributed by atoms with Gasteiger partial charge in [0, 0.05) is 16.0 Å². The van der Waals surface area contributed by atoms with Crippen LogP contribution in [0.3, 0.4) is 0 Å². The van der Waals surface area contributed by atoms with E-state index >= 15 is 0 Å². The molecule has 4 aromatic carbocycles. The third-order valence-electron chi connectivity index (χ3n) is 7.09. The molecule has 0 unspecified atom stereocenters. The van der Waals surface area contributed by atoms with Crippen molar-refractivity contribution in [2.24, 2.45) is 0 Å². The Hall–Kier alpha value is -2.05. The number of nitrogens with zero attached hydrogens (tertiary/aromatic N) is 6. The average molecular weight is 787 g/mol. The molecule has 6 rings (SSSR count). The number of rotatable bonds is 11. The van der Waals surface area contributed by atoms with Crippen molar-refractivity contribution in [1.29, 1.82) is 0 Å². The molecule has 0 bridgehead atoms. The van der Waals surface area contributed by atoms with Crippen LogP contribution in [0.15, 0.2) is 112 Å². The Bertz CT molecular complexity index is 2410. The second-order valence-corrected chi connectivity index (χ2v) is 13.8. The molecule has 0 aliphatic heterocycles. The fraction of sp³-hybridized carbons (Fsp3) is 0.0323. The molecule has 0 fully saturated rings. The molecule has 0 radical (unpaired) electrons. The molecule has 15 nitrogen and oxygen atoms in total. The van der Waals surface area contributed by atoms with Gasteiger partial charge in [0.25, 0.3) is 0 Å². The van der Waals surface area contributed by atoms with Gasteiger partial charge < -0.3 is 14.4 Å². The first kappa shape index (κ1) is 44.3. The van der Waals surface area contributed by atoms with E-state index in [9.17, 15) is 31.2 Å². The van der Waals surface area contributed by atoms with Crippen LogP contribution in [-0.4, -0.2) is 55.9 Å². The zero-order valence-electron chi connectivity index (χ0n) is 28.0. The number of aryl methyl sites for hydroxylation is 1. The molecule has 0 aliphatic rings. The van der Waals surface area contributed by atoms with E-state index in [1.807, 2.05) is 31.2 Å². The average Bonchev–Trinajstić information content (AvgIpc) is 3.78. The molecule has 2 aromatic heterocycles. The Morgan fingerprint density at radius 3 is 1.69 bits per heavy atom. The van der Waals surface area contributed by atoms with Crippen molar-refractivity contribution in [3.8, 4) is 33.9 Å². The Balaban J connectivity index is 0.00000243. The maximum Gasteiger partial charge on any atom is 1.00 e. The largest absolute Gasteiger partial charge is 1.00 e. The van der Waals surface area contributed by atoms with Crippen LogP contribution in [0, 0.1) is 6.92 Å². The van der Waals surface area contributed by atoms with E-state index in [-0.39, 0.29) is 105 Å². The van der Waals surface area contributed by atoms with Crippen molar-refractivity contribution in [3.05, 3.63) is 114 Å². The van der Waals surface area contributed by atoms with Crippen LogP contribution in [0.4, 0.5) is 0 Å². The van der Waals surface area contributed by atoms with E-state index in [4.69, 9.17) is 0 Å². The predicted molar refractivity (Wildman–Crippen MR) is 171 cm³/mol. The van der Waals surface area contributed by atoms with Crippen molar-refractivity contribution in [2.75, 3.05) is 0 Å². The Morgan fingerprint density at radius 2 is 1.17 bits per heavy atom. The van der Waals surface area contributed by atoms with Crippen molar-refractivity contribution >= 4 is 44.4 Å². The molecular weight excluding hydrogens is 766 g/mol. The van der Waals surface area contributed by atoms with Crippen molar-refractivity contribution < 1.29 is 129 Å². The maximum atomic E-state index is 12.3. The van der Waals surface area contributed by atoms with Crippen LogP contribution in [0.1, 0.15) is 16.7 Å². The minimum atomic E-state index is -4.94. The second kappa shape index (κ2) is 19.0. The predicted octanol–water partition coefficient (Wildman–Crippen LogP) is -5.29. The first-order valence-corrected chi connectivity index (χ1v) is 17.5. The van der Waals surface area contributed by atoms with Gasteiger partial charge in [-0.3, -0.25) is 5.04 Å². The van der Waals surface area contributed by atoms with Gasteiger partial charge in [0.2, 0.25) is 0 Å². The summed E-state index contributed by atoms with van der Waals surface area (Å²) < 4.78 is 75.2. The molecule has 52 heavy (non-hydrogen) atoms. The van der Waals surface area contributed by atoms with Gasteiger partial charge in [0.1, 0.15) is 31.6 Å². The number of benzene rings is 4. The molecule has 0 atom stereocenters. The topological polar surface area (TPSA) is 217 Å². The monoisotopic (exact) mass is 786 g/mol. The van der Waals surface area contributed by atoms with Crippen molar-refractivity contribution in [3.63, 3.8) is 0 Å². The summed E-state index contributed by atoms with van der Waals surface area (Å²) in [6, 6.07) is 21.8. The van der Waals surface area contributed by atoms with Gasteiger partial charge in [0.05, 0.1) is 45.6 Å². The van der Waals surface area contributed by atoms with Crippen LogP contribution < -0.4 is 93.9 Å². The maximum absolute atomic E-state index is 12.3. The molecule has 0 saturated heterocycles. The van der Waals surface area contributed by atoms with E-state index in [2.05, 4.69) is 29.8 Å². The zero-order valence-corrected chi connectivity index (χ0v) is 36.4. The number of aromatic nitrogens is 6. The molecule has 0 aliphatic carbocycles. The number of hydrogen-bond acceptors (Lipinski definition) is 14. The molecule has 0 N–H and O–H groups in total. The second-order valence-electron chi connectivity index (χ2n) is 10.3. The fourth-order valence-electron chi connectivity index (χ4n) is 4.65. The molecule has 2 heterocycles. The van der Waals surface area contributed by atoms with Gasteiger partial charge in [0.15, 0.2) is 0 Å². The van der Waals surface area contributed by atoms with E-state index in [0.717, 1.165) is 11.1 Å². The van der Waals surface area contributed by atoms with Gasteiger partial charge in [-0.15, -0.1) is 10.2 Å². The smallest absolute Gasteiger partial charge is 0.744 e. The molecule has 0 saturated carbocycles. The van der Waals surface area contributed by atoms with E-state index in [1.54, 1.807) is 24.3 Å². The van der Waals surface area contributed by atoms with Gasteiger partial charge in [-0.05, 0) is 54.4 Å². The Morgan fingerprint density at radius 1 is 0.673 bits per heavy atom. The summed E-state index contributed by atoms with van der Waals surface area (Å²) >= 11 is 0.568. The van der Waals surface area contributed by atoms with Crippen LogP contribution in [0.5, 0.6) is 0 Å². The van der Waals surface area contributed by atoms with E-state index < -0.39 is 25.1 Å². The summed E-state index contributed by atoms with van der Waals surface area (Å²) in [5.74, 6) is 0. The Labute approximate surface area is 368 Å². The molecule has 21 heteroatoms. The molecule has 0 spiro atoms. The zero-order chi connectivity index (χ0) is 34.8. The van der Waals surface area contributed by atoms with E-state index in [0.29, 0.717) is 45.1 Å². The van der Waals surface area contributed by atoms with Gasteiger partial charge in [-0.2, -0.15) is 24.1 Å². The summed E-state index contributed by atoms with van der Waals surface area (Å²) in [5, 5.41) is 31.4. The van der Waals surface area contributed by atoms with Crippen LogP contribution in [0.25, 0.3) is 46.0 Å². The van der Waals surface area contributed by atoms with Crippen molar-refractivity contribution in [1.82, 2.24) is 30.0 Å². The SMILES string of the molecule is Cc1ccc(-c2cnn(-c3ccc(/C=C/c4ccc(-n5ncc(-c6ccc(S(=O)(=O)[O-])cc6)n5)cc4SOO[O-])c(S(=O)(=O)[O-])c3)n2)cc1.[Na+].[Na+].[Na+]. The summed E-state index contributed by atoms with van der Waals surface area (Å²) in [7, 11) is -9.55. The molecule has 6 aromatic rings. The van der Waals surface area contributed by atoms with Gasteiger partial charge >= 0.3 is 88.7 Å². The van der Waals surface area contributed by atoms with Gasteiger partial charge in [-0.25, -0.2) is 16.8 Å². The van der Waals surface area contributed by atoms with Crippen LogP contribution in [0.2, 0.25) is 0 Å². The summed E-state index contributed by atoms with van der Waals surface area (Å²) in [5.41, 5.74) is 4.52. The standard InChI is InChI=1S/C31H24N6O9S3.3Na/c1-20-2-4-21(5-3-20)28-18-33-37(35-28)26-13-9-24(31(17-26)49(42,43)44)7-6-23-8-12-25(16-30(23)47-46-45-38)36-32-19-29(34-36)22-10-14-27(15-11-22)48(39,40)41;;;/h2-19,38H,1H3,(H,39,40,41)(H,42,43,44);;;/q;3*+1/p-3/b7-6+;;;. The first-order chi connectivity index (χ1) is 23.4. The molecule has 250 valence electrons. The summed E-state index contributed by atoms with van der Waals surface area (Å²) in [6.45, 7) is 1.96. The normalized spacial score (nSPS) is 11.5. The molecule has 0 amide bonds. The third kappa shape index (κ3) is 10.8. The van der Waals surface area contributed by atoms with E-state index in [1.165, 1.54) is 70.5 Å². The first-order valence-electron chi connectivity index (χ1n) is 13.9. The minimum Gasteiger partial charge on any atom is -0.744 e. The molecular formula is C31H21N6Na3O9S3. The number of hydrogen-bond donors (Lipinski definition) is 0. The van der Waals surface area contributed by atoms with Crippen LogP contribution >= 0.6 is 12.0 Å². The third-order valence-corrected chi connectivity index (χ3v) is 9.49. The minimum absolute atomic E-state index is 0. The summed E-state index contributed by atoms with van der Waals surface area (Å²) in [4.78, 5) is 1.94. The van der Waals surface area contributed by atoms with Crippen molar-refractivity contribution in [2.45, 2.75) is 21.6 Å². The summed E-state index contributed by atoms with van der Waals surface area (Å²) in [6.07, 6.45) is 5.88. The van der Waals surface area contributed by atoms with Gasteiger partial charge in [-0.1, -0.05) is 66.2 Å². The quantitative estimate of drug-likeness (QED) is 0.0300.